The SMILES string of the molecule is CCCC(O)c1noc(-c2ccc(OC)cc2)n1. The Hall–Kier alpha value is -1.88. The molecule has 0 aliphatic rings. The molecule has 0 saturated heterocycles. The van der Waals surface area contributed by atoms with Gasteiger partial charge in [0.15, 0.2) is 0 Å². The lowest BCUT2D eigenvalue weighted by molar-refractivity contribution is 0.153. The summed E-state index contributed by atoms with van der Waals surface area (Å²) in [5.41, 5.74) is 0.804. The molecular weight excluding hydrogens is 232 g/mol. The Morgan fingerprint density at radius 2 is 2.06 bits per heavy atom. The van der Waals surface area contributed by atoms with E-state index in [9.17, 15) is 5.11 Å². The zero-order valence-corrected chi connectivity index (χ0v) is 10.5. The highest BCUT2D eigenvalue weighted by molar-refractivity contribution is 5.54. The third-order valence-corrected chi connectivity index (χ3v) is 2.64. The number of aromatic nitrogens is 2. The molecule has 0 saturated carbocycles. The molecule has 1 atom stereocenters. The summed E-state index contributed by atoms with van der Waals surface area (Å²) in [6, 6.07) is 7.31. The van der Waals surface area contributed by atoms with Gasteiger partial charge >= 0.3 is 0 Å². The van der Waals surface area contributed by atoms with E-state index in [0.717, 1.165) is 17.7 Å². The lowest BCUT2D eigenvalue weighted by Crippen LogP contribution is -1.98. The first-order valence-corrected chi connectivity index (χ1v) is 5.90. The van der Waals surface area contributed by atoms with E-state index in [1.165, 1.54) is 0 Å². The number of hydrogen-bond acceptors (Lipinski definition) is 5. The molecule has 96 valence electrons. The van der Waals surface area contributed by atoms with Crippen LogP contribution in [0.15, 0.2) is 28.8 Å². The van der Waals surface area contributed by atoms with E-state index in [1.807, 2.05) is 31.2 Å². The monoisotopic (exact) mass is 248 g/mol. The molecule has 1 heterocycles. The van der Waals surface area contributed by atoms with Crippen LogP contribution in [0.3, 0.4) is 0 Å². The molecule has 5 heteroatoms. The van der Waals surface area contributed by atoms with Gasteiger partial charge < -0.3 is 14.4 Å². The molecule has 0 bridgehead atoms. The molecule has 0 aliphatic heterocycles. The molecule has 2 rings (SSSR count). The van der Waals surface area contributed by atoms with Crippen molar-refractivity contribution in [1.29, 1.82) is 0 Å². The average Bonchev–Trinajstić information content (AvgIpc) is 2.89. The zero-order chi connectivity index (χ0) is 13.0. The number of aliphatic hydroxyl groups excluding tert-OH is 1. The van der Waals surface area contributed by atoms with Gasteiger partial charge in [0.25, 0.3) is 5.89 Å². The summed E-state index contributed by atoms with van der Waals surface area (Å²) in [7, 11) is 1.61. The maximum Gasteiger partial charge on any atom is 0.258 e. The third kappa shape index (κ3) is 2.68. The minimum atomic E-state index is -0.661. The van der Waals surface area contributed by atoms with Gasteiger partial charge in [-0.3, -0.25) is 0 Å². The Balaban J connectivity index is 2.18. The molecule has 5 nitrogen and oxygen atoms in total. The van der Waals surface area contributed by atoms with Crippen molar-refractivity contribution in [3.05, 3.63) is 30.1 Å². The average molecular weight is 248 g/mol. The van der Waals surface area contributed by atoms with Gasteiger partial charge in [0.05, 0.1) is 7.11 Å². The van der Waals surface area contributed by atoms with Crippen molar-refractivity contribution < 1.29 is 14.4 Å². The van der Waals surface area contributed by atoms with Crippen LogP contribution in [0.1, 0.15) is 31.7 Å². The van der Waals surface area contributed by atoms with Crippen LogP contribution >= 0.6 is 0 Å². The number of ether oxygens (including phenoxy) is 1. The van der Waals surface area contributed by atoms with Crippen LogP contribution in [-0.2, 0) is 0 Å². The highest BCUT2D eigenvalue weighted by Gasteiger charge is 2.15. The summed E-state index contributed by atoms with van der Waals surface area (Å²) >= 11 is 0. The van der Waals surface area contributed by atoms with Crippen LogP contribution < -0.4 is 4.74 Å². The molecule has 0 amide bonds. The lowest BCUT2D eigenvalue weighted by Gasteiger charge is -2.01. The Kier molecular flexibility index (Phi) is 3.94. The van der Waals surface area contributed by atoms with Gasteiger partial charge in [0.1, 0.15) is 11.9 Å². The standard InChI is InChI=1S/C13H16N2O3/c1-3-4-11(16)12-14-13(18-15-12)9-5-7-10(17-2)8-6-9/h5-8,11,16H,3-4H2,1-2H3. The van der Waals surface area contributed by atoms with Gasteiger partial charge in [0, 0.05) is 5.56 Å². The lowest BCUT2D eigenvalue weighted by atomic mass is 10.2. The van der Waals surface area contributed by atoms with Crippen molar-refractivity contribution in [1.82, 2.24) is 10.1 Å². The van der Waals surface area contributed by atoms with Crippen LogP contribution in [0.2, 0.25) is 0 Å². The second-order valence-electron chi connectivity index (χ2n) is 3.99. The number of methoxy groups -OCH3 is 1. The quantitative estimate of drug-likeness (QED) is 0.880. The molecule has 0 spiro atoms. The van der Waals surface area contributed by atoms with Crippen molar-refractivity contribution in [2.45, 2.75) is 25.9 Å². The van der Waals surface area contributed by atoms with Gasteiger partial charge in [-0.15, -0.1) is 0 Å². The van der Waals surface area contributed by atoms with Crippen molar-refractivity contribution >= 4 is 0 Å². The fraction of sp³-hybridized carbons (Fsp3) is 0.385. The van der Waals surface area contributed by atoms with E-state index in [1.54, 1.807) is 7.11 Å². The Labute approximate surface area is 105 Å². The number of benzene rings is 1. The Morgan fingerprint density at radius 1 is 1.33 bits per heavy atom. The van der Waals surface area contributed by atoms with E-state index in [0.29, 0.717) is 18.1 Å². The number of hydrogen-bond donors (Lipinski definition) is 1. The van der Waals surface area contributed by atoms with E-state index >= 15 is 0 Å². The van der Waals surface area contributed by atoms with Crippen LogP contribution in [-0.4, -0.2) is 22.4 Å². The maximum absolute atomic E-state index is 9.76. The highest BCUT2D eigenvalue weighted by atomic mass is 16.5. The second-order valence-corrected chi connectivity index (χ2v) is 3.99. The first-order valence-electron chi connectivity index (χ1n) is 5.90. The second kappa shape index (κ2) is 5.64. The first-order chi connectivity index (χ1) is 8.74. The maximum atomic E-state index is 9.76. The predicted octanol–water partition coefficient (Wildman–Crippen LogP) is 2.58. The number of nitrogens with zero attached hydrogens (tertiary/aromatic N) is 2. The molecule has 1 unspecified atom stereocenters. The predicted molar refractivity (Wildman–Crippen MR) is 66.2 cm³/mol. The fourth-order valence-electron chi connectivity index (χ4n) is 1.62. The van der Waals surface area contributed by atoms with E-state index in [4.69, 9.17) is 9.26 Å². The summed E-state index contributed by atoms with van der Waals surface area (Å²) in [6.45, 7) is 1.99. The Morgan fingerprint density at radius 3 is 2.67 bits per heavy atom. The summed E-state index contributed by atoms with van der Waals surface area (Å²) < 4.78 is 10.2. The third-order valence-electron chi connectivity index (χ3n) is 2.64. The molecule has 18 heavy (non-hydrogen) atoms. The van der Waals surface area contributed by atoms with Crippen molar-refractivity contribution in [3.8, 4) is 17.2 Å². The molecule has 1 aromatic heterocycles. The van der Waals surface area contributed by atoms with Gasteiger partial charge in [-0.25, -0.2) is 0 Å². The summed E-state index contributed by atoms with van der Waals surface area (Å²) in [5.74, 6) is 1.51. The van der Waals surface area contributed by atoms with Crippen LogP contribution in [0.4, 0.5) is 0 Å². The van der Waals surface area contributed by atoms with Gasteiger partial charge in [-0.1, -0.05) is 18.5 Å². The number of aliphatic hydroxyl groups is 1. The minimum Gasteiger partial charge on any atom is -0.497 e. The highest BCUT2D eigenvalue weighted by Crippen LogP contribution is 2.23. The zero-order valence-electron chi connectivity index (χ0n) is 10.5. The molecule has 0 aliphatic carbocycles. The fourth-order valence-corrected chi connectivity index (χ4v) is 1.62. The smallest absolute Gasteiger partial charge is 0.258 e. The summed E-state index contributed by atoms with van der Waals surface area (Å²) in [4.78, 5) is 4.19. The molecule has 1 N–H and O–H groups in total. The van der Waals surface area contributed by atoms with E-state index < -0.39 is 6.10 Å². The topological polar surface area (TPSA) is 68.4 Å². The molecule has 0 radical (unpaired) electrons. The first kappa shape index (κ1) is 12.6. The Bertz CT molecular complexity index is 493. The van der Waals surface area contributed by atoms with Crippen molar-refractivity contribution in [2.75, 3.05) is 7.11 Å². The van der Waals surface area contributed by atoms with Crippen molar-refractivity contribution in [2.24, 2.45) is 0 Å². The summed E-state index contributed by atoms with van der Waals surface area (Å²) in [6.07, 6.45) is 0.834. The van der Waals surface area contributed by atoms with Crippen molar-refractivity contribution in [3.63, 3.8) is 0 Å². The van der Waals surface area contributed by atoms with Gasteiger partial charge in [-0.2, -0.15) is 4.98 Å². The molecule has 0 fully saturated rings. The van der Waals surface area contributed by atoms with Gasteiger partial charge in [0.2, 0.25) is 5.82 Å². The minimum absolute atomic E-state index is 0.336. The largest absolute Gasteiger partial charge is 0.497 e. The van der Waals surface area contributed by atoms with Crippen LogP contribution in [0, 0.1) is 0 Å². The summed E-state index contributed by atoms with van der Waals surface area (Å²) in [5, 5.41) is 13.5. The van der Waals surface area contributed by atoms with Gasteiger partial charge in [-0.05, 0) is 30.7 Å². The molecule has 1 aromatic carbocycles. The normalized spacial score (nSPS) is 12.4. The molecule has 2 aromatic rings. The van der Waals surface area contributed by atoms with E-state index in [-0.39, 0.29) is 0 Å². The van der Waals surface area contributed by atoms with Crippen LogP contribution in [0.25, 0.3) is 11.5 Å². The van der Waals surface area contributed by atoms with E-state index in [2.05, 4.69) is 10.1 Å². The van der Waals surface area contributed by atoms with Crippen LogP contribution in [0.5, 0.6) is 5.75 Å². The number of rotatable bonds is 5. The molecular formula is C13H16N2O3.